The number of hydrogen-bond acceptors (Lipinski definition) is 9. The van der Waals surface area contributed by atoms with Gasteiger partial charge in [0.2, 0.25) is 16.3 Å². The standard InChI is InChI=1S/C14H16Cl2N4O6/c1-14(2)25-9-6(5-7(10(9)26-14)24-4-3-21)17-12-8(20(22)23)11(15)18-13(16)19-12/h3,6-7,9-10H,4-5H2,1-2H3,(H,17,18,19)/t6-,7+,9+,10-/m1/s1. The lowest BCUT2D eigenvalue weighted by molar-refractivity contribution is -0.384. The highest BCUT2D eigenvalue weighted by molar-refractivity contribution is 6.33. The molecule has 1 saturated heterocycles. The van der Waals surface area contributed by atoms with Gasteiger partial charge in [-0.25, -0.2) is 0 Å². The predicted octanol–water partition coefficient (Wildman–Crippen LogP) is 1.98. The Morgan fingerprint density at radius 2 is 2.08 bits per heavy atom. The minimum Gasteiger partial charge on any atom is -0.368 e. The topological polar surface area (TPSA) is 126 Å². The van der Waals surface area contributed by atoms with E-state index in [2.05, 4.69) is 15.3 Å². The molecule has 2 fully saturated rings. The van der Waals surface area contributed by atoms with Crippen molar-refractivity contribution in [2.24, 2.45) is 0 Å². The molecule has 2 heterocycles. The zero-order valence-electron chi connectivity index (χ0n) is 13.8. The first-order valence-electron chi connectivity index (χ1n) is 7.76. The first-order valence-corrected chi connectivity index (χ1v) is 8.52. The average molecular weight is 407 g/mol. The summed E-state index contributed by atoms with van der Waals surface area (Å²) >= 11 is 11.6. The summed E-state index contributed by atoms with van der Waals surface area (Å²) in [6.45, 7) is 3.41. The highest BCUT2D eigenvalue weighted by Gasteiger charge is 2.55. The van der Waals surface area contributed by atoms with Gasteiger partial charge in [-0.2, -0.15) is 9.97 Å². The van der Waals surface area contributed by atoms with Crippen molar-refractivity contribution in [2.45, 2.75) is 50.4 Å². The fourth-order valence-electron chi connectivity index (χ4n) is 3.24. The van der Waals surface area contributed by atoms with Crippen molar-refractivity contribution in [3.8, 4) is 0 Å². The molecule has 0 aromatic carbocycles. The molecule has 0 bridgehead atoms. The van der Waals surface area contributed by atoms with E-state index in [1.807, 2.05) is 0 Å². The second-order valence-electron chi connectivity index (χ2n) is 6.33. The maximum Gasteiger partial charge on any atom is 0.348 e. The zero-order chi connectivity index (χ0) is 19.1. The van der Waals surface area contributed by atoms with E-state index in [1.54, 1.807) is 13.8 Å². The fraction of sp³-hybridized carbons (Fsp3) is 0.643. The smallest absolute Gasteiger partial charge is 0.348 e. The number of nitrogens with zero attached hydrogens (tertiary/aromatic N) is 3. The fourth-order valence-corrected chi connectivity index (χ4v) is 3.69. The van der Waals surface area contributed by atoms with Crippen LogP contribution >= 0.6 is 23.2 Å². The highest BCUT2D eigenvalue weighted by Crippen LogP contribution is 2.42. The first-order chi connectivity index (χ1) is 12.2. The van der Waals surface area contributed by atoms with Crippen LogP contribution in [0.4, 0.5) is 11.5 Å². The normalized spacial score (nSPS) is 29.4. The lowest BCUT2D eigenvalue weighted by Crippen LogP contribution is -2.35. The molecule has 26 heavy (non-hydrogen) atoms. The second kappa shape index (κ2) is 7.20. The third-order valence-electron chi connectivity index (χ3n) is 4.11. The number of halogens is 2. The molecule has 0 amide bonds. The van der Waals surface area contributed by atoms with Crippen LogP contribution in [0.15, 0.2) is 0 Å². The monoisotopic (exact) mass is 406 g/mol. The first kappa shape index (κ1) is 19.2. The molecule has 0 spiro atoms. The number of ether oxygens (including phenoxy) is 3. The molecule has 2 aliphatic rings. The second-order valence-corrected chi connectivity index (χ2v) is 7.02. The molecular formula is C14H16Cl2N4O6. The molecule has 142 valence electrons. The molecule has 10 nitrogen and oxygen atoms in total. The molecule has 1 aromatic heterocycles. The van der Waals surface area contributed by atoms with Crippen LogP contribution in [0.3, 0.4) is 0 Å². The number of fused-ring (bicyclic) bond motifs is 1. The van der Waals surface area contributed by atoms with Crippen LogP contribution in [0.25, 0.3) is 0 Å². The van der Waals surface area contributed by atoms with Gasteiger partial charge in [-0.3, -0.25) is 10.1 Å². The van der Waals surface area contributed by atoms with Gasteiger partial charge in [-0.1, -0.05) is 11.6 Å². The van der Waals surface area contributed by atoms with E-state index in [0.29, 0.717) is 12.7 Å². The summed E-state index contributed by atoms with van der Waals surface area (Å²) in [7, 11) is 0. The van der Waals surface area contributed by atoms with Crippen LogP contribution in [0, 0.1) is 10.1 Å². The SMILES string of the molecule is CC1(C)O[C@@H]2[C@H](O1)[C@@H](OCC=O)C[C@H]2Nc1nc(Cl)nc(Cl)c1[N+](=O)[O-]. The lowest BCUT2D eigenvalue weighted by Gasteiger charge is -2.24. The summed E-state index contributed by atoms with van der Waals surface area (Å²) in [5.74, 6) is -0.973. The maximum absolute atomic E-state index is 11.3. The maximum atomic E-state index is 11.3. The summed E-state index contributed by atoms with van der Waals surface area (Å²) in [6.07, 6.45) is -0.291. The summed E-state index contributed by atoms with van der Waals surface area (Å²) in [6, 6.07) is -0.431. The Balaban J connectivity index is 1.88. The number of anilines is 1. The Morgan fingerprint density at radius 1 is 1.38 bits per heavy atom. The number of aldehydes is 1. The highest BCUT2D eigenvalue weighted by atomic mass is 35.5. The van der Waals surface area contributed by atoms with Gasteiger partial charge in [0.05, 0.1) is 17.1 Å². The van der Waals surface area contributed by atoms with Crippen molar-refractivity contribution < 1.29 is 23.9 Å². The van der Waals surface area contributed by atoms with Crippen LogP contribution in [0.2, 0.25) is 10.4 Å². The Labute approximate surface area is 158 Å². The van der Waals surface area contributed by atoms with Crippen LogP contribution in [0.5, 0.6) is 0 Å². The van der Waals surface area contributed by atoms with Gasteiger partial charge in [-0.05, 0) is 31.9 Å². The zero-order valence-corrected chi connectivity index (χ0v) is 15.4. The van der Waals surface area contributed by atoms with Crippen LogP contribution in [-0.2, 0) is 19.0 Å². The van der Waals surface area contributed by atoms with Gasteiger partial charge in [0.1, 0.15) is 25.1 Å². The molecule has 1 aliphatic carbocycles. The molecule has 3 rings (SSSR count). The molecular weight excluding hydrogens is 391 g/mol. The van der Waals surface area contributed by atoms with Crippen LogP contribution in [-0.4, -0.2) is 57.9 Å². The Bertz CT molecular complexity index is 734. The number of hydrogen-bond donors (Lipinski definition) is 1. The van der Waals surface area contributed by atoms with Gasteiger partial charge < -0.3 is 24.3 Å². The molecule has 0 radical (unpaired) electrons. The molecule has 1 aromatic rings. The van der Waals surface area contributed by atoms with E-state index in [9.17, 15) is 14.9 Å². The van der Waals surface area contributed by atoms with Crippen molar-refractivity contribution in [3.63, 3.8) is 0 Å². The van der Waals surface area contributed by atoms with Gasteiger partial charge >= 0.3 is 5.69 Å². The van der Waals surface area contributed by atoms with Gasteiger partial charge in [0.15, 0.2) is 5.79 Å². The van der Waals surface area contributed by atoms with E-state index in [4.69, 9.17) is 37.4 Å². The van der Waals surface area contributed by atoms with Crippen molar-refractivity contribution in [3.05, 3.63) is 20.6 Å². The average Bonchev–Trinajstić information content (AvgIpc) is 2.98. The van der Waals surface area contributed by atoms with E-state index in [-0.39, 0.29) is 22.9 Å². The summed E-state index contributed by atoms with van der Waals surface area (Å²) in [5, 5.41) is 13.7. The molecule has 1 aliphatic heterocycles. The molecule has 1 N–H and O–H groups in total. The van der Waals surface area contributed by atoms with E-state index in [0.717, 1.165) is 0 Å². The van der Waals surface area contributed by atoms with Crippen molar-refractivity contribution >= 4 is 41.0 Å². The summed E-state index contributed by atoms with van der Waals surface area (Å²) in [5.41, 5.74) is -0.483. The van der Waals surface area contributed by atoms with Crippen molar-refractivity contribution in [1.82, 2.24) is 9.97 Å². The third-order valence-corrected chi connectivity index (χ3v) is 4.54. The largest absolute Gasteiger partial charge is 0.368 e. The quantitative estimate of drug-likeness (QED) is 0.248. The summed E-state index contributed by atoms with van der Waals surface area (Å²) < 4.78 is 17.3. The van der Waals surface area contributed by atoms with Gasteiger partial charge in [-0.15, -0.1) is 0 Å². The van der Waals surface area contributed by atoms with Crippen LogP contribution in [0.1, 0.15) is 20.3 Å². The Hall–Kier alpha value is -1.59. The van der Waals surface area contributed by atoms with Crippen molar-refractivity contribution in [1.29, 1.82) is 0 Å². The third kappa shape index (κ3) is 3.74. The predicted molar refractivity (Wildman–Crippen MR) is 90.4 cm³/mol. The van der Waals surface area contributed by atoms with Crippen molar-refractivity contribution in [2.75, 3.05) is 11.9 Å². The van der Waals surface area contributed by atoms with Crippen LogP contribution < -0.4 is 5.32 Å². The number of nitro groups is 1. The lowest BCUT2D eigenvalue weighted by atomic mass is 10.2. The molecule has 4 atom stereocenters. The number of aromatic nitrogens is 2. The van der Waals surface area contributed by atoms with E-state index < -0.39 is 40.8 Å². The minimum absolute atomic E-state index is 0.0876. The Morgan fingerprint density at radius 3 is 2.73 bits per heavy atom. The number of carbonyl (C=O) groups is 1. The van der Waals surface area contributed by atoms with E-state index >= 15 is 0 Å². The Kier molecular flexibility index (Phi) is 5.31. The molecule has 1 saturated carbocycles. The number of rotatable bonds is 6. The van der Waals surface area contributed by atoms with E-state index in [1.165, 1.54) is 0 Å². The number of carbonyl (C=O) groups excluding carboxylic acids is 1. The molecule has 0 unspecified atom stereocenters. The number of nitrogens with one attached hydrogen (secondary N) is 1. The molecule has 12 heteroatoms. The van der Waals surface area contributed by atoms with Gasteiger partial charge in [0, 0.05) is 0 Å². The summed E-state index contributed by atoms with van der Waals surface area (Å²) in [4.78, 5) is 28.7. The minimum atomic E-state index is -0.856. The van der Waals surface area contributed by atoms with Gasteiger partial charge in [0.25, 0.3) is 0 Å².